The quantitative estimate of drug-likeness (QED) is 0.345. The van der Waals surface area contributed by atoms with E-state index in [0.717, 1.165) is 10.6 Å². The van der Waals surface area contributed by atoms with Gasteiger partial charge in [0.15, 0.2) is 0 Å². The molecule has 4 aromatic rings. The van der Waals surface area contributed by atoms with Crippen molar-refractivity contribution < 1.29 is 23.5 Å². The number of hydrogen-bond donors (Lipinski definition) is 0. The molecule has 0 N–H and O–H groups in total. The first-order valence-corrected chi connectivity index (χ1v) is 9.90. The minimum atomic E-state index is -0.605. The zero-order valence-corrected chi connectivity index (χ0v) is 16.8. The first-order chi connectivity index (χ1) is 15.6. The number of furan rings is 1. The molecule has 3 heterocycles. The number of nitrogens with zero attached hydrogens (tertiary/aromatic N) is 3. The molecule has 1 aliphatic rings. The minimum absolute atomic E-state index is 0.0206. The molecular formula is C24H17N3O5. The van der Waals surface area contributed by atoms with Crippen molar-refractivity contribution in [2.75, 3.05) is 0 Å². The number of amides is 2. The highest BCUT2D eigenvalue weighted by atomic mass is 16.5. The summed E-state index contributed by atoms with van der Waals surface area (Å²) in [7, 11) is 0. The Kier molecular flexibility index (Phi) is 4.87. The number of para-hydroxylation sites is 1. The second-order valence-corrected chi connectivity index (χ2v) is 7.20. The van der Waals surface area contributed by atoms with Gasteiger partial charge in [-0.05, 0) is 48.5 Å². The summed E-state index contributed by atoms with van der Waals surface area (Å²) in [5.41, 5.74) is 2.08. The molecule has 0 fully saturated rings. The van der Waals surface area contributed by atoms with Gasteiger partial charge in [0.2, 0.25) is 0 Å². The molecule has 2 aromatic heterocycles. The lowest BCUT2D eigenvalue weighted by Crippen LogP contribution is -2.28. The van der Waals surface area contributed by atoms with Crippen LogP contribution in [0.25, 0.3) is 5.69 Å². The fraction of sp³-hybridized carbons (Fsp3) is 0.0833. The van der Waals surface area contributed by atoms with Crippen LogP contribution in [-0.2, 0) is 17.9 Å². The van der Waals surface area contributed by atoms with Crippen molar-refractivity contribution in [2.24, 2.45) is 0 Å². The van der Waals surface area contributed by atoms with Crippen LogP contribution >= 0.6 is 0 Å². The van der Waals surface area contributed by atoms with Gasteiger partial charge in [-0.25, -0.2) is 9.48 Å². The molecule has 0 aliphatic carbocycles. The van der Waals surface area contributed by atoms with E-state index in [0.29, 0.717) is 11.5 Å². The predicted octanol–water partition coefficient (Wildman–Crippen LogP) is 3.62. The van der Waals surface area contributed by atoms with E-state index in [9.17, 15) is 14.4 Å². The summed E-state index contributed by atoms with van der Waals surface area (Å²) < 4.78 is 12.3. The van der Waals surface area contributed by atoms with Gasteiger partial charge >= 0.3 is 5.97 Å². The number of aromatic nitrogens is 2. The van der Waals surface area contributed by atoms with Gasteiger partial charge in [0.05, 0.1) is 35.2 Å². The van der Waals surface area contributed by atoms with Crippen LogP contribution in [0.2, 0.25) is 0 Å². The molecule has 0 bridgehead atoms. The lowest BCUT2D eigenvalue weighted by Gasteiger charge is -2.11. The zero-order valence-electron chi connectivity index (χ0n) is 16.8. The first kappa shape index (κ1) is 19.5. The van der Waals surface area contributed by atoms with E-state index in [1.54, 1.807) is 29.1 Å². The Balaban J connectivity index is 1.27. The normalized spacial score (nSPS) is 12.8. The third kappa shape index (κ3) is 3.58. The number of ether oxygens (including phenoxy) is 1. The molecule has 0 radical (unpaired) electrons. The summed E-state index contributed by atoms with van der Waals surface area (Å²) in [4.78, 5) is 38.9. The molecule has 0 spiro atoms. The number of imide groups is 1. The van der Waals surface area contributed by atoms with Crippen LogP contribution in [0.3, 0.4) is 0 Å². The van der Waals surface area contributed by atoms with Crippen molar-refractivity contribution in [3.63, 3.8) is 0 Å². The maximum atomic E-state index is 12.7. The first-order valence-electron chi connectivity index (χ1n) is 9.90. The average molecular weight is 427 g/mol. The third-order valence-corrected chi connectivity index (χ3v) is 5.12. The van der Waals surface area contributed by atoms with E-state index in [-0.39, 0.29) is 29.8 Å². The van der Waals surface area contributed by atoms with Crippen LogP contribution in [-0.4, -0.2) is 32.5 Å². The highest BCUT2D eigenvalue weighted by Crippen LogP contribution is 2.26. The third-order valence-electron chi connectivity index (χ3n) is 5.12. The molecule has 0 unspecified atom stereocenters. The van der Waals surface area contributed by atoms with Crippen LogP contribution < -0.4 is 0 Å². The number of benzene rings is 2. The van der Waals surface area contributed by atoms with E-state index in [1.165, 1.54) is 24.5 Å². The minimum Gasteiger partial charge on any atom is -0.467 e. The molecule has 1 aliphatic heterocycles. The van der Waals surface area contributed by atoms with Crippen LogP contribution in [0.4, 0.5) is 0 Å². The molecule has 5 rings (SSSR count). The molecular weight excluding hydrogens is 410 g/mol. The van der Waals surface area contributed by atoms with Crippen molar-refractivity contribution >= 4 is 17.8 Å². The molecule has 2 aromatic carbocycles. The molecule has 2 amide bonds. The van der Waals surface area contributed by atoms with Crippen LogP contribution in [0.1, 0.15) is 42.5 Å². The van der Waals surface area contributed by atoms with Crippen molar-refractivity contribution in [2.45, 2.75) is 13.2 Å². The average Bonchev–Trinajstić information content (AvgIpc) is 3.56. The van der Waals surface area contributed by atoms with Crippen molar-refractivity contribution in [1.82, 2.24) is 14.7 Å². The largest absolute Gasteiger partial charge is 0.467 e. The van der Waals surface area contributed by atoms with Gasteiger partial charge < -0.3 is 9.15 Å². The second-order valence-electron chi connectivity index (χ2n) is 7.20. The number of carbonyl (C=O) groups is 3. The van der Waals surface area contributed by atoms with Crippen molar-refractivity contribution in [1.29, 1.82) is 0 Å². The van der Waals surface area contributed by atoms with E-state index < -0.39 is 17.8 Å². The summed E-state index contributed by atoms with van der Waals surface area (Å²) in [5.74, 6) is -1.01. The van der Waals surface area contributed by atoms with Gasteiger partial charge in [-0.3, -0.25) is 14.5 Å². The summed E-state index contributed by atoms with van der Waals surface area (Å²) in [5, 5.41) is 4.40. The molecule has 0 saturated heterocycles. The zero-order chi connectivity index (χ0) is 22.1. The van der Waals surface area contributed by atoms with Gasteiger partial charge in [-0.15, -0.1) is 0 Å². The maximum absolute atomic E-state index is 12.7. The second kappa shape index (κ2) is 7.99. The number of rotatable bonds is 6. The number of esters is 1. The van der Waals surface area contributed by atoms with Crippen molar-refractivity contribution in [3.8, 4) is 5.69 Å². The SMILES string of the molecule is O=C(OCc1ccn(-c2ccccc2)n1)c1ccc2c(c1)C(=O)N(Cc1ccco1)C2=O. The Labute approximate surface area is 182 Å². The topological polar surface area (TPSA) is 94.6 Å². The standard InChI is InChI=1S/C24H17N3O5/c28-22-20-9-8-16(13-21(20)23(29)26(22)14-19-7-4-12-31-19)24(30)32-15-17-10-11-27(25-17)18-5-2-1-3-6-18/h1-13H,14-15H2. The monoisotopic (exact) mass is 427 g/mol. The Morgan fingerprint density at radius 2 is 1.75 bits per heavy atom. The van der Waals surface area contributed by atoms with Crippen molar-refractivity contribution in [3.05, 3.63) is 107 Å². The van der Waals surface area contributed by atoms with E-state index >= 15 is 0 Å². The lowest BCUT2D eigenvalue weighted by molar-refractivity contribution is 0.0467. The molecule has 158 valence electrons. The predicted molar refractivity (Wildman–Crippen MR) is 112 cm³/mol. The Bertz CT molecular complexity index is 1310. The van der Waals surface area contributed by atoms with Gasteiger partial charge in [0, 0.05) is 6.20 Å². The van der Waals surface area contributed by atoms with E-state index in [4.69, 9.17) is 9.15 Å². The molecule has 8 nitrogen and oxygen atoms in total. The smallest absolute Gasteiger partial charge is 0.338 e. The van der Waals surface area contributed by atoms with Crippen LogP contribution in [0.5, 0.6) is 0 Å². The van der Waals surface area contributed by atoms with Gasteiger partial charge in [0.25, 0.3) is 11.8 Å². The fourth-order valence-corrected chi connectivity index (χ4v) is 3.51. The van der Waals surface area contributed by atoms with Crippen LogP contribution in [0.15, 0.2) is 83.6 Å². The fourth-order valence-electron chi connectivity index (χ4n) is 3.51. The summed E-state index contributed by atoms with van der Waals surface area (Å²) in [6.07, 6.45) is 3.26. The summed E-state index contributed by atoms with van der Waals surface area (Å²) in [6, 6.07) is 19.0. The number of carbonyl (C=O) groups excluding carboxylic acids is 3. The Hall–Kier alpha value is -4.46. The molecule has 0 saturated carbocycles. The molecule has 0 atom stereocenters. The van der Waals surface area contributed by atoms with Gasteiger partial charge in [-0.1, -0.05) is 18.2 Å². The maximum Gasteiger partial charge on any atom is 0.338 e. The van der Waals surface area contributed by atoms with Crippen LogP contribution in [0, 0.1) is 0 Å². The highest BCUT2D eigenvalue weighted by molar-refractivity contribution is 6.21. The summed E-state index contributed by atoms with van der Waals surface area (Å²) >= 11 is 0. The number of hydrogen-bond acceptors (Lipinski definition) is 6. The lowest BCUT2D eigenvalue weighted by atomic mass is 10.1. The number of fused-ring (bicyclic) bond motifs is 1. The van der Waals surface area contributed by atoms with E-state index in [2.05, 4.69) is 5.10 Å². The highest BCUT2D eigenvalue weighted by Gasteiger charge is 2.36. The van der Waals surface area contributed by atoms with Gasteiger partial charge in [0.1, 0.15) is 18.1 Å². The molecule has 32 heavy (non-hydrogen) atoms. The molecule has 8 heteroatoms. The van der Waals surface area contributed by atoms with Gasteiger partial charge in [-0.2, -0.15) is 5.10 Å². The Morgan fingerprint density at radius 3 is 2.53 bits per heavy atom. The Morgan fingerprint density at radius 1 is 0.938 bits per heavy atom. The van der Waals surface area contributed by atoms with E-state index in [1.807, 2.05) is 30.3 Å². The summed E-state index contributed by atoms with van der Waals surface area (Å²) in [6.45, 7) is 0.0104.